The first-order valence-electron chi connectivity index (χ1n) is 6.93. The Morgan fingerprint density at radius 2 is 1.85 bits per heavy atom. The molecule has 0 bridgehead atoms. The molecule has 1 aliphatic heterocycles. The third kappa shape index (κ3) is 4.07. The third-order valence-electron chi connectivity index (χ3n) is 3.94. The lowest BCUT2D eigenvalue weighted by Crippen LogP contribution is -2.26. The maximum Gasteiger partial charge on any atom is 0.224 e. The van der Waals surface area contributed by atoms with E-state index in [1.54, 1.807) is 0 Å². The molecule has 1 aromatic carbocycles. The number of rotatable bonds is 3. The number of amides is 1. The Morgan fingerprint density at radius 3 is 2.45 bits per heavy atom. The molecule has 0 unspecified atom stereocenters. The van der Waals surface area contributed by atoms with Gasteiger partial charge >= 0.3 is 0 Å². The van der Waals surface area contributed by atoms with Gasteiger partial charge in [0.15, 0.2) is 0 Å². The third-order valence-corrected chi connectivity index (χ3v) is 5.65. The number of hydrogen-bond acceptors (Lipinski definition) is 3. The molecule has 1 aromatic rings. The van der Waals surface area contributed by atoms with Crippen LogP contribution in [-0.2, 0) is 14.6 Å². The van der Waals surface area contributed by atoms with Crippen molar-refractivity contribution >= 4 is 21.4 Å². The molecule has 0 aliphatic carbocycles. The fraction of sp³-hybridized carbons (Fsp3) is 0.533. The number of carbonyl (C=O) groups excluding carboxylic acids is 1. The highest BCUT2D eigenvalue weighted by Gasteiger charge is 2.25. The number of benzene rings is 1. The summed E-state index contributed by atoms with van der Waals surface area (Å²) >= 11 is 0. The minimum atomic E-state index is -2.85. The zero-order chi connectivity index (χ0) is 14.8. The summed E-state index contributed by atoms with van der Waals surface area (Å²) in [5.74, 6) is 0.589. The Kier molecular flexibility index (Phi) is 4.48. The zero-order valence-corrected chi connectivity index (χ0v) is 12.8. The summed E-state index contributed by atoms with van der Waals surface area (Å²) in [6.07, 6.45) is 1.60. The zero-order valence-electron chi connectivity index (χ0n) is 12.0. The first-order valence-corrected chi connectivity index (χ1v) is 8.75. The molecule has 1 saturated heterocycles. The molecule has 110 valence electrons. The standard InChI is InChI=1S/C15H21NO3S/c1-11-3-4-14(9-12(11)2)16-15(17)10-13-5-7-20(18,19)8-6-13/h3-4,9,13H,5-8,10H2,1-2H3,(H,16,17). The fourth-order valence-electron chi connectivity index (χ4n) is 2.44. The molecule has 1 aliphatic rings. The van der Waals surface area contributed by atoms with Crippen LogP contribution in [-0.4, -0.2) is 25.8 Å². The topological polar surface area (TPSA) is 63.2 Å². The van der Waals surface area contributed by atoms with E-state index in [4.69, 9.17) is 0 Å². The van der Waals surface area contributed by atoms with E-state index < -0.39 is 9.84 Å². The van der Waals surface area contributed by atoms with Gasteiger partial charge in [0.2, 0.25) is 5.91 Å². The normalized spacial score (nSPS) is 18.7. The quantitative estimate of drug-likeness (QED) is 0.931. The van der Waals surface area contributed by atoms with Crippen LogP contribution >= 0.6 is 0 Å². The second-order valence-corrected chi connectivity index (χ2v) is 7.95. The largest absolute Gasteiger partial charge is 0.326 e. The van der Waals surface area contributed by atoms with E-state index in [-0.39, 0.29) is 23.3 Å². The Hall–Kier alpha value is -1.36. The van der Waals surface area contributed by atoms with E-state index >= 15 is 0 Å². The fourth-order valence-corrected chi connectivity index (χ4v) is 4.03. The molecule has 1 amide bonds. The van der Waals surface area contributed by atoms with Crippen molar-refractivity contribution in [1.29, 1.82) is 0 Å². The van der Waals surface area contributed by atoms with Gasteiger partial charge in [-0.1, -0.05) is 6.07 Å². The molecule has 4 nitrogen and oxygen atoms in total. The predicted octanol–water partition coefficient (Wildman–Crippen LogP) is 2.46. The summed E-state index contributed by atoms with van der Waals surface area (Å²) < 4.78 is 22.7. The first kappa shape index (κ1) is 15.0. The summed E-state index contributed by atoms with van der Waals surface area (Å²) in [5.41, 5.74) is 3.15. The van der Waals surface area contributed by atoms with Crippen molar-refractivity contribution in [3.63, 3.8) is 0 Å². The van der Waals surface area contributed by atoms with Gasteiger partial charge < -0.3 is 5.32 Å². The van der Waals surface area contributed by atoms with E-state index in [0.29, 0.717) is 19.3 Å². The number of anilines is 1. The maximum atomic E-state index is 12.0. The molecule has 2 rings (SSSR count). The molecular weight excluding hydrogens is 274 g/mol. The van der Waals surface area contributed by atoms with Gasteiger partial charge in [-0.05, 0) is 55.9 Å². The number of hydrogen-bond donors (Lipinski definition) is 1. The SMILES string of the molecule is Cc1ccc(NC(=O)CC2CCS(=O)(=O)CC2)cc1C. The highest BCUT2D eigenvalue weighted by atomic mass is 32.2. The average Bonchev–Trinajstić information content (AvgIpc) is 2.36. The van der Waals surface area contributed by atoms with Crippen LogP contribution in [0.4, 0.5) is 5.69 Å². The maximum absolute atomic E-state index is 12.0. The van der Waals surface area contributed by atoms with Crippen molar-refractivity contribution in [2.45, 2.75) is 33.1 Å². The molecule has 0 spiro atoms. The molecule has 1 heterocycles. The molecule has 1 N–H and O–H groups in total. The lowest BCUT2D eigenvalue weighted by Gasteiger charge is -2.21. The second kappa shape index (κ2) is 5.95. The number of carbonyl (C=O) groups is 1. The Bertz CT molecular complexity index is 594. The van der Waals surface area contributed by atoms with Gasteiger partial charge in [0, 0.05) is 12.1 Å². The monoisotopic (exact) mass is 295 g/mol. The van der Waals surface area contributed by atoms with Gasteiger partial charge in [-0.25, -0.2) is 8.42 Å². The highest BCUT2D eigenvalue weighted by molar-refractivity contribution is 7.91. The number of aryl methyl sites for hydroxylation is 2. The van der Waals surface area contributed by atoms with Crippen molar-refractivity contribution in [3.05, 3.63) is 29.3 Å². The smallest absolute Gasteiger partial charge is 0.224 e. The molecule has 20 heavy (non-hydrogen) atoms. The van der Waals surface area contributed by atoms with Crippen LogP contribution < -0.4 is 5.32 Å². The van der Waals surface area contributed by atoms with Gasteiger partial charge in [0.1, 0.15) is 9.84 Å². The van der Waals surface area contributed by atoms with Crippen LogP contribution in [0.5, 0.6) is 0 Å². The molecule has 1 fully saturated rings. The Labute approximate surface area is 120 Å². The van der Waals surface area contributed by atoms with Crippen LogP contribution in [0.3, 0.4) is 0 Å². The van der Waals surface area contributed by atoms with Crippen molar-refractivity contribution in [3.8, 4) is 0 Å². The van der Waals surface area contributed by atoms with Crippen LogP contribution in [0.1, 0.15) is 30.4 Å². The van der Waals surface area contributed by atoms with E-state index in [1.165, 1.54) is 5.56 Å². The van der Waals surface area contributed by atoms with Gasteiger partial charge in [0.05, 0.1) is 11.5 Å². The second-order valence-electron chi connectivity index (χ2n) is 5.65. The molecular formula is C15H21NO3S. The van der Waals surface area contributed by atoms with E-state index in [9.17, 15) is 13.2 Å². The van der Waals surface area contributed by atoms with E-state index in [1.807, 2.05) is 32.0 Å². The van der Waals surface area contributed by atoms with Crippen molar-refractivity contribution < 1.29 is 13.2 Å². The lowest BCUT2D eigenvalue weighted by atomic mass is 9.98. The van der Waals surface area contributed by atoms with Crippen molar-refractivity contribution in [2.75, 3.05) is 16.8 Å². The Morgan fingerprint density at radius 1 is 1.20 bits per heavy atom. The summed E-state index contributed by atoms with van der Waals surface area (Å²) in [6, 6.07) is 5.84. The van der Waals surface area contributed by atoms with Gasteiger partial charge in [0.25, 0.3) is 0 Å². The summed E-state index contributed by atoms with van der Waals surface area (Å²) in [6.45, 7) is 4.04. The lowest BCUT2D eigenvalue weighted by molar-refractivity contribution is -0.117. The highest BCUT2D eigenvalue weighted by Crippen LogP contribution is 2.23. The number of sulfone groups is 1. The van der Waals surface area contributed by atoms with E-state index in [2.05, 4.69) is 5.32 Å². The Balaban J connectivity index is 1.88. The van der Waals surface area contributed by atoms with Crippen LogP contribution in [0.25, 0.3) is 0 Å². The van der Waals surface area contributed by atoms with Gasteiger partial charge in [-0.3, -0.25) is 4.79 Å². The van der Waals surface area contributed by atoms with Gasteiger partial charge in [-0.2, -0.15) is 0 Å². The summed E-state index contributed by atoms with van der Waals surface area (Å²) in [5, 5.41) is 2.89. The minimum Gasteiger partial charge on any atom is -0.326 e. The van der Waals surface area contributed by atoms with Gasteiger partial charge in [-0.15, -0.1) is 0 Å². The molecule has 5 heteroatoms. The average molecular weight is 295 g/mol. The van der Waals surface area contributed by atoms with Crippen LogP contribution in [0.15, 0.2) is 18.2 Å². The number of nitrogens with one attached hydrogen (secondary N) is 1. The summed E-state index contributed by atoms with van der Waals surface area (Å²) in [4.78, 5) is 12.0. The summed E-state index contributed by atoms with van der Waals surface area (Å²) in [7, 11) is -2.85. The minimum absolute atomic E-state index is 0.0300. The molecule has 0 radical (unpaired) electrons. The molecule has 0 saturated carbocycles. The van der Waals surface area contributed by atoms with Crippen molar-refractivity contribution in [2.24, 2.45) is 5.92 Å². The van der Waals surface area contributed by atoms with Crippen LogP contribution in [0, 0.1) is 19.8 Å². The van der Waals surface area contributed by atoms with E-state index in [0.717, 1.165) is 11.3 Å². The van der Waals surface area contributed by atoms with Crippen LogP contribution in [0.2, 0.25) is 0 Å². The predicted molar refractivity (Wildman–Crippen MR) is 80.5 cm³/mol. The van der Waals surface area contributed by atoms with Crippen molar-refractivity contribution in [1.82, 2.24) is 0 Å². The molecule has 0 atom stereocenters. The first-order chi connectivity index (χ1) is 9.35. The molecule has 0 aromatic heterocycles.